The first kappa shape index (κ1) is 14.5. The van der Waals surface area contributed by atoms with Gasteiger partial charge in [-0.25, -0.2) is 0 Å². The number of methoxy groups -OCH3 is 2. The molecule has 0 aromatic heterocycles. The smallest absolute Gasteiger partial charge is 0.251 e. The number of amides is 1. The molecule has 0 heterocycles. The summed E-state index contributed by atoms with van der Waals surface area (Å²) in [7, 11) is 4.95. The Morgan fingerprint density at radius 3 is 2.17 bits per heavy atom. The maximum Gasteiger partial charge on any atom is 0.251 e. The summed E-state index contributed by atoms with van der Waals surface area (Å²) >= 11 is 0. The summed E-state index contributed by atoms with van der Waals surface area (Å²) in [6.07, 6.45) is -0.421. The van der Waals surface area contributed by atoms with Gasteiger partial charge in [-0.05, 0) is 31.5 Å². The molecule has 4 heteroatoms. The Morgan fingerprint density at radius 2 is 1.72 bits per heavy atom. The molecule has 0 aliphatic rings. The van der Waals surface area contributed by atoms with Crippen molar-refractivity contribution in [3.05, 3.63) is 29.8 Å². The predicted molar refractivity (Wildman–Crippen MR) is 70.7 cm³/mol. The number of carbonyl (C=O) groups is 1. The van der Waals surface area contributed by atoms with Crippen molar-refractivity contribution >= 4 is 5.91 Å². The molecule has 0 aliphatic heterocycles. The maximum atomic E-state index is 12.0. The van der Waals surface area contributed by atoms with E-state index in [0.717, 1.165) is 11.3 Å². The maximum absolute atomic E-state index is 12.0. The van der Waals surface area contributed by atoms with Crippen molar-refractivity contribution in [2.24, 2.45) is 0 Å². The predicted octanol–water partition coefficient (Wildman–Crippen LogP) is 2.25. The van der Waals surface area contributed by atoms with Gasteiger partial charge < -0.3 is 14.4 Å². The first-order chi connectivity index (χ1) is 8.51. The Hall–Kier alpha value is -1.55. The summed E-state index contributed by atoms with van der Waals surface area (Å²) in [5, 5.41) is 0. The summed E-state index contributed by atoms with van der Waals surface area (Å²) in [5.74, 6) is 0.783. The zero-order chi connectivity index (χ0) is 13.7. The third-order valence-corrected chi connectivity index (χ3v) is 3.23. The average molecular weight is 251 g/mol. The Balaban J connectivity index is 2.79. The summed E-state index contributed by atoms with van der Waals surface area (Å²) in [4.78, 5) is 13.7. The molecular formula is C14H21NO3. The standard InChI is InChI=1S/C14H21NO3/c1-10(15(3)14(16)11(2)17-4)12-6-8-13(18-5)9-7-12/h6-11H,1-5H3. The van der Waals surface area contributed by atoms with Crippen molar-refractivity contribution in [2.45, 2.75) is 26.0 Å². The second-order valence-electron chi connectivity index (χ2n) is 4.28. The van der Waals surface area contributed by atoms with Crippen molar-refractivity contribution in [1.29, 1.82) is 0 Å². The van der Waals surface area contributed by atoms with Crippen LogP contribution < -0.4 is 4.74 Å². The van der Waals surface area contributed by atoms with Gasteiger partial charge in [-0.1, -0.05) is 12.1 Å². The molecular weight excluding hydrogens is 230 g/mol. The molecule has 1 aromatic carbocycles. The lowest BCUT2D eigenvalue weighted by molar-refractivity contribution is -0.141. The van der Waals surface area contributed by atoms with E-state index in [0.29, 0.717) is 0 Å². The number of hydrogen-bond donors (Lipinski definition) is 0. The van der Waals surface area contributed by atoms with Crippen LogP contribution >= 0.6 is 0 Å². The highest BCUT2D eigenvalue weighted by atomic mass is 16.5. The number of hydrogen-bond acceptors (Lipinski definition) is 3. The fraction of sp³-hybridized carbons (Fsp3) is 0.500. The quantitative estimate of drug-likeness (QED) is 0.805. The number of rotatable bonds is 5. The first-order valence-corrected chi connectivity index (χ1v) is 5.94. The van der Waals surface area contributed by atoms with E-state index in [1.165, 1.54) is 7.11 Å². The van der Waals surface area contributed by atoms with Gasteiger partial charge in [0.15, 0.2) is 0 Å². The number of ether oxygens (including phenoxy) is 2. The van der Waals surface area contributed by atoms with Crippen LogP contribution in [0.1, 0.15) is 25.5 Å². The number of nitrogens with zero attached hydrogens (tertiary/aromatic N) is 1. The highest BCUT2D eigenvalue weighted by Crippen LogP contribution is 2.22. The van der Waals surface area contributed by atoms with Gasteiger partial charge in [-0.3, -0.25) is 4.79 Å². The van der Waals surface area contributed by atoms with Crippen LogP contribution in [-0.2, 0) is 9.53 Å². The van der Waals surface area contributed by atoms with E-state index in [9.17, 15) is 4.79 Å². The molecule has 1 aromatic rings. The molecule has 4 nitrogen and oxygen atoms in total. The van der Waals surface area contributed by atoms with Gasteiger partial charge in [-0.2, -0.15) is 0 Å². The minimum absolute atomic E-state index is 0.000932. The average Bonchev–Trinajstić information content (AvgIpc) is 2.44. The molecule has 1 rings (SSSR count). The summed E-state index contributed by atoms with van der Waals surface area (Å²) in [6, 6.07) is 7.71. The van der Waals surface area contributed by atoms with E-state index in [2.05, 4.69) is 0 Å². The van der Waals surface area contributed by atoms with Crippen molar-refractivity contribution < 1.29 is 14.3 Å². The van der Waals surface area contributed by atoms with Crippen LogP contribution in [0.2, 0.25) is 0 Å². The Labute approximate surface area is 108 Å². The number of benzene rings is 1. The lowest BCUT2D eigenvalue weighted by Crippen LogP contribution is -2.37. The van der Waals surface area contributed by atoms with Gasteiger partial charge in [0.1, 0.15) is 11.9 Å². The molecule has 0 spiro atoms. The third-order valence-electron chi connectivity index (χ3n) is 3.23. The zero-order valence-corrected chi connectivity index (χ0v) is 11.6. The second kappa shape index (κ2) is 6.40. The van der Waals surface area contributed by atoms with Crippen LogP contribution in [0.5, 0.6) is 5.75 Å². The van der Waals surface area contributed by atoms with Crippen LogP contribution in [0.25, 0.3) is 0 Å². The zero-order valence-electron chi connectivity index (χ0n) is 11.6. The summed E-state index contributed by atoms with van der Waals surface area (Å²) in [5.41, 5.74) is 1.06. The molecule has 0 bridgehead atoms. The van der Waals surface area contributed by atoms with Crippen LogP contribution in [0, 0.1) is 0 Å². The minimum Gasteiger partial charge on any atom is -0.497 e. The van der Waals surface area contributed by atoms with Gasteiger partial charge in [0, 0.05) is 14.2 Å². The van der Waals surface area contributed by atoms with Gasteiger partial charge >= 0.3 is 0 Å². The molecule has 0 N–H and O–H groups in total. The van der Waals surface area contributed by atoms with E-state index in [1.54, 1.807) is 26.0 Å². The Kier molecular flexibility index (Phi) is 5.16. The second-order valence-corrected chi connectivity index (χ2v) is 4.28. The van der Waals surface area contributed by atoms with Crippen molar-refractivity contribution in [3.8, 4) is 5.75 Å². The summed E-state index contributed by atoms with van der Waals surface area (Å²) in [6.45, 7) is 3.74. The molecule has 0 radical (unpaired) electrons. The van der Waals surface area contributed by atoms with Gasteiger partial charge in [0.25, 0.3) is 5.91 Å². The molecule has 2 unspecified atom stereocenters. The minimum atomic E-state index is -0.421. The fourth-order valence-corrected chi connectivity index (χ4v) is 1.68. The van der Waals surface area contributed by atoms with E-state index >= 15 is 0 Å². The number of carbonyl (C=O) groups excluding carboxylic acids is 1. The highest BCUT2D eigenvalue weighted by molar-refractivity contribution is 5.80. The molecule has 0 aliphatic carbocycles. The highest BCUT2D eigenvalue weighted by Gasteiger charge is 2.22. The van der Waals surface area contributed by atoms with Crippen molar-refractivity contribution in [2.75, 3.05) is 21.3 Å². The monoisotopic (exact) mass is 251 g/mol. The van der Waals surface area contributed by atoms with Crippen LogP contribution in [-0.4, -0.2) is 38.2 Å². The fourth-order valence-electron chi connectivity index (χ4n) is 1.68. The molecule has 100 valence electrons. The lowest BCUT2D eigenvalue weighted by atomic mass is 10.1. The summed E-state index contributed by atoms with van der Waals surface area (Å²) < 4.78 is 10.2. The van der Waals surface area contributed by atoms with Crippen LogP contribution in [0.3, 0.4) is 0 Å². The van der Waals surface area contributed by atoms with Gasteiger partial charge in [0.2, 0.25) is 0 Å². The van der Waals surface area contributed by atoms with E-state index in [-0.39, 0.29) is 11.9 Å². The molecule has 1 amide bonds. The normalized spacial score (nSPS) is 13.8. The number of likely N-dealkylation sites (N-methyl/N-ethyl adjacent to an activating group) is 1. The molecule has 0 fully saturated rings. The lowest BCUT2D eigenvalue weighted by Gasteiger charge is -2.27. The van der Waals surface area contributed by atoms with Gasteiger partial charge in [0.05, 0.1) is 13.2 Å². The Bertz CT molecular complexity index is 389. The molecule has 18 heavy (non-hydrogen) atoms. The van der Waals surface area contributed by atoms with Crippen LogP contribution in [0.4, 0.5) is 0 Å². The van der Waals surface area contributed by atoms with Crippen LogP contribution in [0.15, 0.2) is 24.3 Å². The first-order valence-electron chi connectivity index (χ1n) is 5.94. The molecule has 0 saturated heterocycles. The Morgan fingerprint density at radius 1 is 1.17 bits per heavy atom. The van der Waals surface area contributed by atoms with E-state index in [1.807, 2.05) is 31.2 Å². The van der Waals surface area contributed by atoms with Gasteiger partial charge in [-0.15, -0.1) is 0 Å². The SMILES string of the molecule is COc1ccc(C(C)N(C)C(=O)C(C)OC)cc1. The van der Waals surface area contributed by atoms with E-state index < -0.39 is 6.10 Å². The van der Waals surface area contributed by atoms with E-state index in [4.69, 9.17) is 9.47 Å². The topological polar surface area (TPSA) is 38.8 Å². The van der Waals surface area contributed by atoms with Crippen molar-refractivity contribution in [3.63, 3.8) is 0 Å². The molecule has 2 atom stereocenters. The third kappa shape index (κ3) is 3.23. The largest absolute Gasteiger partial charge is 0.497 e. The van der Waals surface area contributed by atoms with Crippen molar-refractivity contribution in [1.82, 2.24) is 4.90 Å². The molecule has 0 saturated carbocycles.